The number of hydrogen-bond acceptors (Lipinski definition) is 2. The Hall–Kier alpha value is -0.780. The Labute approximate surface area is 85.8 Å². The Bertz CT molecular complexity index is 278. The monoisotopic (exact) mass is 222 g/mol. The molecule has 0 radical (unpaired) electrons. The first-order valence-corrected chi connectivity index (χ1v) is 4.85. The molecule has 2 atom stereocenters. The van der Waals surface area contributed by atoms with Crippen LogP contribution in [0.2, 0.25) is 0 Å². The zero-order valence-corrected chi connectivity index (χ0v) is 8.58. The molecule has 0 aromatic carbocycles. The summed E-state index contributed by atoms with van der Waals surface area (Å²) in [5, 5.41) is 0. The number of amides is 1. The SMILES string of the molecule is CN(C)C1C2CN(C(=O)C(F)(F)F)CC21. The van der Waals surface area contributed by atoms with Gasteiger partial charge in [-0.15, -0.1) is 0 Å². The van der Waals surface area contributed by atoms with Crippen molar-refractivity contribution in [3.8, 4) is 0 Å². The Morgan fingerprint density at radius 3 is 2.07 bits per heavy atom. The molecule has 1 saturated carbocycles. The number of nitrogens with zero attached hydrogens (tertiary/aromatic N) is 2. The van der Waals surface area contributed by atoms with E-state index in [9.17, 15) is 18.0 Å². The van der Waals surface area contributed by atoms with Crippen LogP contribution in [0.25, 0.3) is 0 Å². The molecule has 0 aromatic heterocycles. The first-order valence-electron chi connectivity index (χ1n) is 4.85. The van der Waals surface area contributed by atoms with Gasteiger partial charge in [0, 0.05) is 19.1 Å². The van der Waals surface area contributed by atoms with E-state index in [-0.39, 0.29) is 24.9 Å². The van der Waals surface area contributed by atoms with Crippen LogP contribution in [-0.2, 0) is 4.79 Å². The number of halogens is 3. The van der Waals surface area contributed by atoms with E-state index in [4.69, 9.17) is 0 Å². The van der Waals surface area contributed by atoms with E-state index in [1.54, 1.807) is 0 Å². The van der Waals surface area contributed by atoms with Crippen molar-refractivity contribution in [2.45, 2.75) is 12.2 Å². The summed E-state index contributed by atoms with van der Waals surface area (Å²) >= 11 is 0. The van der Waals surface area contributed by atoms with Crippen LogP contribution in [0.4, 0.5) is 13.2 Å². The van der Waals surface area contributed by atoms with Gasteiger partial charge in [-0.2, -0.15) is 13.2 Å². The highest BCUT2D eigenvalue weighted by molar-refractivity contribution is 5.82. The molecule has 1 amide bonds. The first-order chi connectivity index (χ1) is 6.82. The van der Waals surface area contributed by atoms with E-state index in [1.165, 1.54) is 0 Å². The smallest absolute Gasteiger partial charge is 0.334 e. The molecule has 3 nitrogen and oxygen atoms in total. The number of carbonyl (C=O) groups excluding carboxylic acids is 1. The third-order valence-corrected chi connectivity index (χ3v) is 3.27. The maximum absolute atomic E-state index is 12.1. The third kappa shape index (κ3) is 1.71. The molecule has 2 rings (SSSR count). The molecule has 15 heavy (non-hydrogen) atoms. The van der Waals surface area contributed by atoms with Crippen LogP contribution >= 0.6 is 0 Å². The average Bonchev–Trinajstić information content (AvgIpc) is 2.60. The summed E-state index contributed by atoms with van der Waals surface area (Å²) in [6.07, 6.45) is -4.72. The lowest BCUT2D eigenvalue weighted by Crippen LogP contribution is -2.42. The van der Waals surface area contributed by atoms with E-state index < -0.39 is 12.1 Å². The van der Waals surface area contributed by atoms with Gasteiger partial charge in [0.2, 0.25) is 0 Å². The third-order valence-electron chi connectivity index (χ3n) is 3.27. The Balaban J connectivity index is 1.91. The van der Waals surface area contributed by atoms with E-state index in [0.717, 1.165) is 4.90 Å². The molecule has 1 saturated heterocycles. The lowest BCUT2D eigenvalue weighted by atomic mass is 10.3. The van der Waals surface area contributed by atoms with Crippen molar-refractivity contribution in [3.63, 3.8) is 0 Å². The summed E-state index contributed by atoms with van der Waals surface area (Å²) in [6.45, 7) is 0.512. The Morgan fingerprint density at radius 2 is 1.73 bits per heavy atom. The van der Waals surface area contributed by atoms with Gasteiger partial charge in [-0.3, -0.25) is 4.79 Å². The minimum atomic E-state index is -4.72. The fourth-order valence-corrected chi connectivity index (χ4v) is 2.61. The summed E-state index contributed by atoms with van der Waals surface area (Å²) in [7, 11) is 3.83. The molecule has 6 heteroatoms. The van der Waals surface area contributed by atoms with Gasteiger partial charge in [0.15, 0.2) is 0 Å². The van der Waals surface area contributed by atoms with Crippen LogP contribution in [0, 0.1) is 11.8 Å². The molecule has 2 fully saturated rings. The quantitative estimate of drug-likeness (QED) is 0.647. The van der Waals surface area contributed by atoms with E-state index in [1.807, 2.05) is 19.0 Å². The molecule has 1 heterocycles. The molecule has 0 bridgehead atoms. The molecule has 1 aliphatic heterocycles. The first kappa shape index (κ1) is 10.7. The van der Waals surface area contributed by atoms with Crippen molar-refractivity contribution in [2.24, 2.45) is 11.8 Å². The predicted octanol–water partition coefficient (Wildman–Crippen LogP) is 0.567. The van der Waals surface area contributed by atoms with Crippen LogP contribution < -0.4 is 0 Å². The van der Waals surface area contributed by atoms with Crippen LogP contribution in [0.15, 0.2) is 0 Å². The van der Waals surface area contributed by atoms with E-state index in [2.05, 4.69) is 0 Å². The highest BCUT2D eigenvalue weighted by Crippen LogP contribution is 2.48. The number of carbonyl (C=O) groups is 1. The predicted molar refractivity (Wildman–Crippen MR) is 47.1 cm³/mol. The van der Waals surface area contributed by atoms with E-state index >= 15 is 0 Å². The molecule has 86 valence electrons. The molecule has 2 aliphatic rings. The van der Waals surface area contributed by atoms with Gasteiger partial charge in [0.05, 0.1) is 0 Å². The normalized spacial score (nSPS) is 34.5. The maximum atomic E-state index is 12.1. The van der Waals surface area contributed by atoms with Gasteiger partial charge in [0.25, 0.3) is 0 Å². The molecule has 0 spiro atoms. The molecular formula is C9H13F3N2O. The van der Waals surface area contributed by atoms with E-state index in [0.29, 0.717) is 6.04 Å². The second-order valence-corrected chi connectivity index (χ2v) is 4.49. The minimum absolute atomic E-state index is 0.242. The molecule has 2 unspecified atom stereocenters. The van der Waals surface area contributed by atoms with Gasteiger partial charge in [-0.1, -0.05) is 0 Å². The zero-order chi connectivity index (χ0) is 11.4. The van der Waals surface area contributed by atoms with Crippen molar-refractivity contribution >= 4 is 5.91 Å². The van der Waals surface area contributed by atoms with Crippen molar-refractivity contribution in [3.05, 3.63) is 0 Å². The van der Waals surface area contributed by atoms with Crippen molar-refractivity contribution < 1.29 is 18.0 Å². The second kappa shape index (κ2) is 3.10. The lowest BCUT2D eigenvalue weighted by molar-refractivity contribution is -0.185. The fraction of sp³-hybridized carbons (Fsp3) is 0.889. The zero-order valence-electron chi connectivity index (χ0n) is 8.58. The highest BCUT2D eigenvalue weighted by atomic mass is 19.4. The fourth-order valence-electron chi connectivity index (χ4n) is 2.61. The molecule has 0 aromatic rings. The molecular weight excluding hydrogens is 209 g/mol. The number of fused-ring (bicyclic) bond motifs is 1. The topological polar surface area (TPSA) is 23.6 Å². The number of hydrogen-bond donors (Lipinski definition) is 0. The number of piperidine rings is 1. The lowest BCUT2D eigenvalue weighted by Gasteiger charge is -2.22. The number of likely N-dealkylation sites (tertiary alicyclic amines) is 1. The maximum Gasteiger partial charge on any atom is 0.471 e. The minimum Gasteiger partial charge on any atom is -0.334 e. The summed E-state index contributed by atoms with van der Waals surface area (Å²) in [6, 6.07) is 0.363. The largest absolute Gasteiger partial charge is 0.471 e. The van der Waals surface area contributed by atoms with Gasteiger partial charge >= 0.3 is 12.1 Å². The van der Waals surface area contributed by atoms with Gasteiger partial charge in [-0.05, 0) is 25.9 Å². The van der Waals surface area contributed by atoms with Crippen molar-refractivity contribution in [1.82, 2.24) is 9.80 Å². The Morgan fingerprint density at radius 1 is 1.27 bits per heavy atom. The van der Waals surface area contributed by atoms with Gasteiger partial charge in [-0.25, -0.2) is 0 Å². The Kier molecular flexibility index (Phi) is 2.22. The summed E-state index contributed by atoms with van der Waals surface area (Å²) in [4.78, 5) is 13.8. The molecule has 0 N–H and O–H groups in total. The van der Waals surface area contributed by atoms with Gasteiger partial charge in [0.1, 0.15) is 0 Å². The second-order valence-electron chi connectivity index (χ2n) is 4.49. The average molecular weight is 222 g/mol. The number of rotatable bonds is 1. The summed E-state index contributed by atoms with van der Waals surface area (Å²) < 4.78 is 36.3. The summed E-state index contributed by atoms with van der Waals surface area (Å²) in [5.41, 5.74) is 0. The van der Waals surface area contributed by atoms with Gasteiger partial charge < -0.3 is 9.80 Å². The van der Waals surface area contributed by atoms with Crippen molar-refractivity contribution in [1.29, 1.82) is 0 Å². The van der Waals surface area contributed by atoms with Crippen LogP contribution in [0.5, 0.6) is 0 Å². The number of alkyl halides is 3. The van der Waals surface area contributed by atoms with Crippen LogP contribution in [0.3, 0.4) is 0 Å². The highest BCUT2D eigenvalue weighted by Gasteiger charge is 2.60. The summed E-state index contributed by atoms with van der Waals surface area (Å²) in [5.74, 6) is -1.20. The standard InChI is InChI=1S/C9H13F3N2O/c1-13(2)7-5-3-14(4-6(5)7)8(15)9(10,11)12/h5-7H,3-4H2,1-2H3. The molecule has 1 aliphatic carbocycles. The van der Waals surface area contributed by atoms with Crippen molar-refractivity contribution in [2.75, 3.05) is 27.2 Å². The van der Waals surface area contributed by atoms with Crippen LogP contribution in [-0.4, -0.2) is 55.1 Å². The van der Waals surface area contributed by atoms with Crippen LogP contribution in [0.1, 0.15) is 0 Å².